The molecule has 1 unspecified atom stereocenters. The molecule has 23 heavy (non-hydrogen) atoms. The zero-order valence-electron chi connectivity index (χ0n) is 13.0. The van der Waals surface area contributed by atoms with Crippen LogP contribution >= 0.6 is 11.8 Å². The summed E-state index contributed by atoms with van der Waals surface area (Å²) < 4.78 is 7.01. The zero-order chi connectivity index (χ0) is 16.1. The van der Waals surface area contributed by atoms with Gasteiger partial charge < -0.3 is 9.64 Å². The molecule has 1 aromatic carbocycles. The molecule has 2 aromatic rings. The lowest BCUT2D eigenvalue weighted by molar-refractivity contribution is -0.134. The molecule has 1 saturated heterocycles. The monoisotopic (exact) mass is 333 g/mol. The molecule has 1 aliphatic heterocycles. The molecule has 0 saturated carbocycles. The van der Waals surface area contributed by atoms with E-state index >= 15 is 0 Å². The lowest BCUT2D eigenvalue weighted by atomic mass is 10.2. The van der Waals surface area contributed by atoms with E-state index in [-0.39, 0.29) is 11.2 Å². The Hall–Kier alpha value is -1.93. The third-order valence-corrected chi connectivity index (χ3v) is 4.69. The Labute approximate surface area is 139 Å². The zero-order valence-corrected chi connectivity index (χ0v) is 13.8. The molecular formula is C15H19N5O2S. The molecule has 0 spiro atoms. The molecule has 0 aliphatic carbocycles. The Kier molecular flexibility index (Phi) is 5.24. The van der Waals surface area contributed by atoms with Crippen molar-refractivity contribution in [2.24, 2.45) is 0 Å². The summed E-state index contributed by atoms with van der Waals surface area (Å²) in [5.74, 6) is 0.104. The molecular weight excluding hydrogens is 314 g/mol. The van der Waals surface area contributed by atoms with Crippen molar-refractivity contribution in [2.45, 2.75) is 23.9 Å². The Morgan fingerprint density at radius 3 is 2.78 bits per heavy atom. The molecule has 1 aliphatic rings. The van der Waals surface area contributed by atoms with E-state index in [1.165, 1.54) is 11.8 Å². The molecule has 1 aromatic heterocycles. The van der Waals surface area contributed by atoms with Gasteiger partial charge >= 0.3 is 0 Å². The van der Waals surface area contributed by atoms with Crippen LogP contribution in [0.4, 0.5) is 0 Å². The minimum absolute atomic E-state index is 0.104. The second kappa shape index (κ2) is 7.56. The van der Waals surface area contributed by atoms with Crippen LogP contribution in [0.25, 0.3) is 0 Å². The fourth-order valence-corrected chi connectivity index (χ4v) is 3.26. The van der Waals surface area contributed by atoms with E-state index in [1.807, 2.05) is 42.2 Å². The van der Waals surface area contributed by atoms with Gasteiger partial charge in [-0.25, -0.2) is 4.68 Å². The maximum absolute atomic E-state index is 12.5. The molecule has 0 N–H and O–H groups in total. The number of carbonyl (C=O) groups is 1. The lowest BCUT2D eigenvalue weighted by Crippen LogP contribution is -2.44. The molecule has 3 rings (SSSR count). The number of carbonyl (C=O) groups excluding carboxylic acids is 1. The molecule has 2 heterocycles. The first-order valence-corrected chi connectivity index (χ1v) is 8.45. The van der Waals surface area contributed by atoms with Gasteiger partial charge in [-0.15, -0.1) is 5.10 Å². The number of hydrogen-bond acceptors (Lipinski definition) is 6. The van der Waals surface area contributed by atoms with Gasteiger partial charge in [-0.3, -0.25) is 4.79 Å². The largest absolute Gasteiger partial charge is 0.378 e. The number of amides is 1. The molecule has 122 valence electrons. The Morgan fingerprint density at radius 2 is 2.04 bits per heavy atom. The normalized spacial score (nSPS) is 16.3. The number of tetrazole rings is 1. The summed E-state index contributed by atoms with van der Waals surface area (Å²) in [7, 11) is 0. The smallest absolute Gasteiger partial charge is 0.236 e. The highest BCUT2D eigenvalue weighted by Gasteiger charge is 2.25. The van der Waals surface area contributed by atoms with Crippen molar-refractivity contribution < 1.29 is 9.53 Å². The molecule has 0 radical (unpaired) electrons. The number of benzene rings is 1. The van der Waals surface area contributed by atoms with E-state index < -0.39 is 0 Å². The lowest BCUT2D eigenvalue weighted by Gasteiger charge is -2.28. The van der Waals surface area contributed by atoms with E-state index in [1.54, 1.807) is 4.68 Å². The van der Waals surface area contributed by atoms with Crippen molar-refractivity contribution >= 4 is 17.7 Å². The van der Waals surface area contributed by atoms with E-state index in [4.69, 9.17) is 4.74 Å². The Morgan fingerprint density at radius 1 is 1.30 bits per heavy atom. The van der Waals surface area contributed by atoms with Crippen LogP contribution in [0.5, 0.6) is 0 Å². The quantitative estimate of drug-likeness (QED) is 0.762. The maximum Gasteiger partial charge on any atom is 0.236 e. The number of aromatic nitrogens is 4. The van der Waals surface area contributed by atoms with Gasteiger partial charge in [0.05, 0.1) is 25.0 Å². The fraction of sp³-hybridized carbons (Fsp3) is 0.467. The van der Waals surface area contributed by atoms with Crippen molar-refractivity contribution in [1.82, 2.24) is 25.1 Å². The van der Waals surface area contributed by atoms with Crippen molar-refractivity contribution in [1.29, 1.82) is 0 Å². The number of rotatable bonds is 5. The van der Waals surface area contributed by atoms with Crippen LogP contribution in [0.15, 0.2) is 35.5 Å². The van der Waals surface area contributed by atoms with Crippen LogP contribution in [-0.4, -0.2) is 62.6 Å². The van der Waals surface area contributed by atoms with E-state index in [9.17, 15) is 4.79 Å². The molecule has 0 bridgehead atoms. The van der Waals surface area contributed by atoms with Gasteiger partial charge in [0.1, 0.15) is 0 Å². The summed E-state index contributed by atoms with van der Waals surface area (Å²) in [6.07, 6.45) is 0. The first-order valence-electron chi connectivity index (χ1n) is 7.57. The van der Waals surface area contributed by atoms with Crippen LogP contribution < -0.4 is 0 Å². The Bertz CT molecular complexity index is 642. The van der Waals surface area contributed by atoms with Crippen LogP contribution in [0.1, 0.15) is 12.5 Å². The van der Waals surface area contributed by atoms with Crippen LogP contribution in [0.2, 0.25) is 0 Å². The first kappa shape index (κ1) is 15.9. The van der Waals surface area contributed by atoms with Crippen molar-refractivity contribution in [3.05, 3.63) is 35.9 Å². The average Bonchev–Trinajstić information content (AvgIpc) is 3.02. The highest BCUT2D eigenvalue weighted by Crippen LogP contribution is 2.22. The van der Waals surface area contributed by atoms with E-state index in [0.717, 1.165) is 5.56 Å². The maximum atomic E-state index is 12.5. The van der Waals surface area contributed by atoms with Gasteiger partial charge in [0.15, 0.2) is 0 Å². The fourth-order valence-electron chi connectivity index (χ4n) is 2.39. The first-order chi connectivity index (χ1) is 11.2. The summed E-state index contributed by atoms with van der Waals surface area (Å²) in [4.78, 5) is 14.3. The molecule has 8 heteroatoms. The van der Waals surface area contributed by atoms with E-state index in [2.05, 4.69) is 15.5 Å². The molecule has 1 fully saturated rings. The summed E-state index contributed by atoms with van der Waals surface area (Å²) in [6.45, 7) is 5.00. The number of thioether (sulfide) groups is 1. The topological polar surface area (TPSA) is 73.1 Å². The van der Waals surface area contributed by atoms with Gasteiger partial charge in [0, 0.05) is 13.1 Å². The van der Waals surface area contributed by atoms with Crippen LogP contribution in [-0.2, 0) is 16.1 Å². The molecule has 1 amide bonds. The predicted molar refractivity (Wildman–Crippen MR) is 86.1 cm³/mol. The van der Waals surface area contributed by atoms with Crippen molar-refractivity contribution in [3.63, 3.8) is 0 Å². The van der Waals surface area contributed by atoms with Gasteiger partial charge in [0.2, 0.25) is 11.1 Å². The average molecular weight is 333 g/mol. The summed E-state index contributed by atoms with van der Waals surface area (Å²) in [5.41, 5.74) is 1.12. The summed E-state index contributed by atoms with van der Waals surface area (Å²) >= 11 is 1.39. The highest BCUT2D eigenvalue weighted by atomic mass is 32.2. The van der Waals surface area contributed by atoms with Crippen molar-refractivity contribution in [3.8, 4) is 0 Å². The molecule has 1 atom stereocenters. The van der Waals surface area contributed by atoms with Crippen molar-refractivity contribution in [2.75, 3.05) is 26.3 Å². The number of hydrogen-bond donors (Lipinski definition) is 0. The summed E-state index contributed by atoms with van der Waals surface area (Å²) in [6, 6.07) is 9.99. The standard InChI is InChI=1S/C15H19N5O2S/c1-12(14(21)19-7-9-22-10-8-19)23-15-16-17-18-20(15)11-13-5-3-2-4-6-13/h2-6,12H,7-11H2,1H3. The second-order valence-electron chi connectivity index (χ2n) is 5.30. The van der Waals surface area contributed by atoms with Gasteiger partial charge in [-0.05, 0) is 22.9 Å². The highest BCUT2D eigenvalue weighted by molar-refractivity contribution is 8.00. The minimum Gasteiger partial charge on any atom is -0.378 e. The van der Waals surface area contributed by atoms with E-state index in [0.29, 0.717) is 38.0 Å². The summed E-state index contributed by atoms with van der Waals surface area (Å²) in [5, 5.41) is 12.2. The van der Waals surface area contributed by atoms with Crippen LogP contribution in [0.3, 0.4) is 0 Å². The minimum atomic E-state index is -0.228. The molecule has 7 nitrogen and oxygen atoms in total. The number of nitrogens with zero attached hydrogens (tertiary/aromatic N) is 5. The van der Waals surface area contributed by atoms with Crippen LogP contribution in [0, 0.1) is 0 Å². The predicted octanol–water partition coefficient (Wildman–Crippen LogP) is 1.06. The van der Waals surface area contributed by atoms with Gasteiger partial charge in [-0.1, -0.05) is 42.1 Å². The second-order valence-corrected chi connectivity index (χ2v) is 6.61. The van der Waals surface area contributed by atoms with Gasteiger partial charge in [0.25, 0.3) is 0 Å². The SMILES string of the molecule is CC(Sc1nnnn1Cc1ccccc1)C(=O)N1CCOCC1. The third-order valence-electron chi connectivity index (χ3n) is 3.63. The Balaban J connectivity index is 1.63. The number of ether oxygens (including phenoxy) is 1. The number of morpholine rings is 1. The third kappa shape index (κ3) is 4.08. The van der Waals surface area contributed by atoms with Gasteiger partial charge in [-0.2, -0.15) is 0 Å².